The van der Waals surface area contributed by atoms with Crippen LogP contribution >= 0.6 is 11.6 Å². The molecule has 0 atom stereocenters. The number of halogens is 2. The predicted octanol–water partition coefficient (Wildman–Crippen LogP) is 4.52. The van der Waals surface area contributed by atoms with Crippen LogP contribution in [0.1, 0.15) is 33.3 Å². The minimum atomic E-state index is -0.302. The van der Waals surface area contributed by atoms with Crippen LogP contribution in [0.5, 0.6) is 0 Å². The van der Waals surface area contributed by atoms with E-state index in [9.17, 15) is 4.39 Å². The van der Waals surface area contributed by atoms with Gasteiger partial charge in [-0.05, 0) is 23.6 Å². The van der Waals surface area contributed by atoms with Gasteiger partial charge in [0.1, 0.15) is 5.82 Å². The molecule has 1 aromatic carbocycles. The lowest BCUT2D eigenvalue weighted by molar-refractivity contribution is 0.593. The summed E-state index contributed by atoms with van der Waals surface area (Å²) in [5.74, 6) is 0.126. The molecular weight excluding hydrogens is 249 g/mol. The smallest absolute Gasteiger partial charge is 0.124 e. The van der Waals surface area contributed by atoms with Gasteiger partial charge < -0.3 is 5.32 Å². The summed E-state index contributed by atoms with van der Waals surface area (Å²) < 4.78 is 13.0. The standard InChI is InChI=1S/C15H21ClFN/c1-10(2)13(9-18-11(3)4)7-12-5-6-14(17)8-15(12)16/h5-8,10-11,18H,9H2,1-4H3/b13-7-. The van der Waals surface area contributed by atoms with Crippen LogP contribution in [0.4, 0.5) is 4.39 Å². The molecule has 0 aliphatic carbocycles. The largest absolute Gasteiger partial charge is 0.311 e. The summed E-state index contributed by atoms with van der Waals surface area (Å²) >= 11 is 6.04. The van der Waals surface area contributed by atoms with Crippen molar-refractivity contribution in [2.45, 2.75) is 33.7 Å². The van der Waals surface area contributed by atoms with E-state index in [1.54, 1.807) is 6.07 Å². The van der Waals surface area contributed by atoms with Gasteiger partial charge >= 0.3 is 0 Å². The first-order valence-electron chi connectivity index (χ1n) is 6.29. The molecule has 0 aromatic heterocycles. The Kier molecular flexibility index (Phi) is 5.83. The van der Waals surface area contributed by atoms with E-state index in [0.29, 0.717) is 17.0 Å². The van der Waals surface area contributed by atoms with Crippen LogP contribution in [-0.2, 0) is 0 Å². The topological polar surface area (TPSA) is 12.0 Å². The van der Waals surface area contributed by atoms with E-state index in [1.807, 2.05) is 6.08 Å². The van der Waals surface area contributed by atoms with Crippen LogP contribution in [0, 0.1) is 11.7 Å². The quantitative estimate of drug-likeness (QED) is 0.829. The highest BCUT2D eigenvalue weighted by atomic mass is 35.5. The number of rotatable bonds is 5. The normalized spacial score (nSPS) is 12.6. The molecule has 0 fully saturated rings. The average molecular weight is 270 g/mol. The number of hydrogen-bond acceptors (Lipinski definition) is 1. The highest BCUT2D eigenvalue weighted by Crippen LogP contribution is 2.22. The van der Waals surface area contributed by atoms with E-state index in [-0.39, 0.29) is 5.82 Å². The monoisotopic (exact) mass is 269 g/mol. The van der Waals surface area contributed by atoms with Gasteiger partial charge in [0, 0.05) is 12.6 Å². The second kappa shape index (κ2) is 6.91. The molecule has 18 heavy (non-hydrogen) atoms. The summed E-state index contributed by atoms with van der Waals surface area (Å²) in [7, 11) is 0. The van der Waals surface area contributed by atoms with E-state index in [0.717, 1.165) is 12.1 Å². The molecule has 0 unspecified atom stereocenters. The van der Waals surface area contributed by atoms with Crippen LogP contribution < -0.4 is 5.32 Å². The third-order valence-corrected chi connectivity index (χ3v) is 3.09. The molecule has 0 spiro atoms. The van der Waals surface area contributed by atoms with Crippen LogP contribution in [0.3, 0.4) is 0 Å². The molecular formula is C15H21ClFN. The van der Waals surface area contributed by atoms with E-state index in [2.05, 4.69) is 33.0 Å². The fourth-order valence-corrected chi connectivity index (χ4v) is 1.78. The minimum absolute atomic E-state index is 0.302. The van der Waals surface area contributed by atoms with Gasteiger partial charge in [-0.15, -0.1) is 0 Å². The highest BCUT2D eigenvalue weighted by molar-refractivity contribution is 6.32. The van der Waals surface area contributed by atoms with Crippen molar-refractivity contribution in [1.29, 1.82) is 0 Å². The second-order valence-electron chi connectivity index (χ2n) is 5.08. The Morgan fingerprint density at radius 3 is 2.50 bits per heavy atom. The molecule has 1 rings (SSSR count). The highest BCUT2D eigenvalue weighted by Gasteiger charge is 2.06. The Morgan fingerprint density at radius 2 is 2.00 bits per heavy atom. The van der Waals surface area contributed by atoms with Gasteiger partial charge in [0.15, 0.2) is 0 Å². The van der Waals surface area contributed by atoms with Crippen molar-refractivity contribution in [2.24, 2.45) is 5.92 Å². The van der Waals surface area contributed by atoms with Gasteiger partial charge in [0.05, 0.1) is 5.02 Å². The van der Waals surface area contributed by atoms with Crippen molar-refractivity contribution in [3.05, 3.63) is 40.2 Å². The maximum Gasteiger partial charge on any atom is 0.124 e. The van der Waals surface area contributed by atoms with Gasteiger partial charge in [-0.2, -0.15) is 0 Å². The molecule has 0 bridgehead atoms. The Balaban J connectivity index is 2.93. The van der Waals surface area contributed by atoms with Gasteiger partial charge in [0.25, 0.3) is 0 Å². The molecule has 0 aliphatic heterocycles. The second-order valence-corrected chi connectivity index (χ2v) is 5.48. The summed E-state index contributed by atoms with van der Waals surface area (Å²) in [5, 5.41) is 3.85. The Bertz CT molecular complexity index is 425. The van der Waals surface area contributed by atoms with E-state index >= 15 is 0 Å². The first-order chi connectivity index (χ1) is 8.40. The maximum atomic E-state index is 13.0. The van der Waals surface area contributed by atoms with Crippen molar-refractivity contribution >= 4 is 17.7 Å². The number of nitrogens with one attached hydrogen (secondary N) is 1. The lowest BCUT2D eigenvalue weighted by Gasteiger charge is -2.15. The van der Waals surface area contributed by atoms with E-state index < -0.39 is 0 Å². The molecule has 0 saturated heterocycles. The predicted molar refractivity (Wildman–Crippen MR) is 77.4 cm³/mol. The molecule has 0 saturated carbocycles. The Hall–Kier alpha value is -0.860. The Morgan fingerprint density at radius 1 is 1.33 bits per heavy atom. The lowest BCUT2D eigenvalue weighted by Crippen LogP contribution is -2.26. The van der Waals surface area contributed by atoms with Crippen LogP contribution in [0.25, 0.3) is 6.08 Å². The molecule has 0 heterocycles. The third-order valence-electron chi connectivity index (χ3n) is 2.76. The van der Waals surface area contributed by atoms with Crippen LogP contribution in [0.15, 0.2) is 23.8 Å². The van der Waals surface area contributed by atoms with E-state index in [1.165, 1.54) is 17.7 Å². The average Bonchev–Trinajstić information content (AvgIpc) is 2.26. The number of benzene rings is 1. The van der Waals surface area contributed by atoms with Gasteiger partial charge in [-0.3, -0.25) is 0 Å². The molecule has 0 amide bonds. The fraction of sp³-hybridized carbons (Fsp3) is 0.467. The maximum absolute atomic E-state index is 13.0. The number of hydrogen-bond donors (Lipinski definition) is 1. The van der Waals surface area contributed by atoms with E-state index in [4.69, 9.17) is 11.6 Å². The zero-order chi connectivity index (χ0) is 13.7. The van der Waals surface area contributed by atoms with Crippen LogP contribution in [-0.4, -0.2) is 12.6 Å². The summed E-state index contributed by atoms with van der Waals surface area (Å²) in [5.41, 5.74) is 2.13. The van der Waals surface area contributed by atoms with Gasteiger partial charge in [-0.1, -0.05) is 57.0 Å². The SMILES string of the molecule is CC(C)NC/C(=C/c1ccc(F)cc1Cl)C(C)C. The van der Waals surface area contributed by atoms with Crippen LogP contribution in [0.2, 0.25) is 5.02 Å². The molecule has 0 aliphatic rings. The molecule has 1 nitrogen and oxygen atoms in total. The fourth-order valence-electron chi connectivity index (χ4n) is 1.56. The van der Waals surface area contributed by atoms with Gasteiger partial charge in [0.2, 0.25) is 0 Å². The minimum Gasteiger partial charge on any atom is -0.311 e. The molecule has 3 heteroatoms. The summed E-state index contributed by atoms with van der Waals surface area (Å²) in [6.45, 7) is 9.34. The lowest BCUT2D eigenvalue weighted by atomic mass is 10.00. The molecule has 100 valence electrons. The summed E-state index contributed by atoms with van der Waals surface area (Å²) in [4.78, 5) is 0. The first-order valence-corrected chi connectivity index (χ1v) is 6.67. The molecule has 1 N–H and O–H groups in total. The summed E-state index contributed by atoms with van der Waals surface area (Å²) in [6, 6.07) is 4.94. The summed E-state index contributed by atoms with van der Waals surface area (Å²) in [6.07, 6.45) is 2.04. The van der Waals surface area contributed by atoms with Gasteiger partial charge in [-0.25, -0.2) is 4.39 Å². The zero-order valence-corrected chi connectivity index (χ0v) is 12.2. The third kappa shape index (κ3) is 4.79. The van der Waals surface area contributed by atoms with Crippen molar-refractivity contribution in [3.63, 3.8) is 0 Å². The zero-order valence-electron chi connectivity index (χ0n) is 11.4. The van der Waals surface area contributed by atoms with Crippen molar-refractivity contribution in [2.75, 3.05) is 6.54 Å². The first kappa shape index (κ1) is 15.2. The van der Waals surface area contributed by atoms with Crippen molar-refractivity contribution < 1.29 is 4.39 Å². The van der Waals surface area contributed by atoms with Crippen molar-refractivity contribution in [1.82, 2.24) is 5.32 Å². The van der Waals surface area contributed by atoms with Crippen molar-refractivity contribution in [3.8, 4) is 0 Å². The Labute approximate surface area is 114 Å². The molecule has 1 aromatic rings. The molecule has 0 radical (unpaired) electrons.